The Labute approximate surface area is 174 Å². The van der Waals surface area contributed by atoms with Crippen molar-refractivity contribution in [2.45, 2.75) is 33.0 Å². The lowest BCUT2D eigenvalue weighted by Crippen LogP contribution is -2.27. The Hall–Kier alpha value is -2.57. The van der Waals surface area contributed by atoms with E-state index in [1.165, 1.54) is 0 Å². The monoisotopic (exact) mass is 415 g/mol. The fourth-order valence-corrected chi connectivity index (χ4v) is 4.07. The van der Waals surface area contributed by atoms with Crippen molar-refractivity contribution in [1.82, 2.24) is 0 Å². The largest absolute Gasteiger partial charge is 0.467 e. The van der Waals surface area contributed by atoms with E-state index in [4.69, 9.17) is 25.8 Å². The zero-order valence-corrected chi connectivity index (χ0v) is 16.9. The summed E-state index contributed by atoms with van der Waals surface area (Å²) in [5.74, 6) is -0.301. The average Bonchev–Trinajstić information content (AvgIpc) is 3.13. The van der Waals surface area contributed by atoms with Crippen LogP contribution in [0, 0.1) is 5.92 Å². The number of fused-ring (bicyclic) bond motifs is 1. The summed E-state index contributed by atoms with van der Waals surface area (Å²) in [6, 6.07) is 11.3. The molecule has 1 atom stereocenters. The van der Waals surface area contributed by atoms with Crippen molar-refractivity contribution >= 4 is 29.2 Å². The molecule has 0 radical (unpaired) electrons. The van der Waals surface area contributed by atoms with Crippen LogP contribution in [0.3, 0.4) is 0 Å². The normalized spacial score (nSPS) is 18.3. The third-order valence-corrected chi connectivity index (χ3v) is 5.46. The third kappa shape index (κ3) is 4.09. The number of carbonyl (C=O) groups is 2. The van der Waals surface area contributed by atoms with Crippen LogP contribution in [-0.2, 0) is 38.7 Å². The van der Waals surface area contributed by atoms with Gasteiger partial charge in [-0.25, -0.2) is 0 Å². The Kier molecular flexibility index (Phi) is 5.74. The summed E-state index contributed by atoms with van der Waals surface area (Å²) in [6.07, 6.45) is 0.966. The molecule has 1 saturated heterocycles. The number of nitrogens with zero attached hydrogens (tertiary/aromatic N) is 1. The maximum absolute atomic E-state index is 12.6. The van der Waals surface area contributed by atoms with Gasteiger partial charge in [0.05, 0.1) is 12.5 Å². The molecule has 0 bridgehead atoms. The van der Waals surface area contributed by atoms with E-state index >= 15 is 0 Å². The lowest BCUT2D eigenvalue weighted by molar-refractivity contribution is -0.149. The minimum absolute atomic E-state index is 0.0396. The fourth-order valence-electron chi connectivity index (χ4n) is 3.80. The third-order valence-electron chi connectivity index (χ3n) is 5.24. The quantitative estimate of drug-likeness (QED) is 0.694. The topological polar surface area (TPSA) is 65.1 Å². The van der Waals surface area contributed by atoms with E-state index in [9.17, 15) is 9.59 Å². The van der Waals surface area contributed by atoms with Crippen LogP contribution in [0.4, 0.5) is 5.69 Å². The van der Waals surface area contributed by atoms with Crippen LogP contribution in [0.2, 0.25) is 5.02 Å². The number of hydrogen-bond donors (Lipinski definition) is 0. The maximum Gasteiger partial charge on any atom is 0.311 e. The van der Waals surface area contributed by atoms with Gasteiger partial charge in [0, 0.05) is 34.8 Å². The molecule has 0 unspecified atom stereocenters. The molecule has 29 heavy (non-hydrogen) atoms. The van der Waals surface area contributed by atoms with Crippen molar-refractivity contribution in [1.29, 1.82) is 0 Å². The summed E-state index contributed by atoms with van der Waals surface area (Å²) < 4.78 is 16.3. The highest BCUT2D eigenvalue weighted by atomic mass is 35.5. The van der Waals surface area contributed by atoms with Gasteiger partial charge in [-0.05, 0) is 30.2 Å². The Balaban J connectivity index is 1.44. The van der Waals surface area contributed by atoms with Crippen LogP contribution in [0.1, 0.15) is 30.0 Å². The molecular formula is C22H22ClNO5. The molecular weight excluding hydrogens is 394 g/mol. The van der Waals surface area contributed by atoms with Crippen LogP contribution in [0.15, 0.2) is 36.4 Å². The first kappa shape index (κ1) is 19.7. The molecule has 2 heterocycles. The van der Waals surface area contributed by atoms with E-state index < -0.39 is 11.9 Å². The number of aryl methyl sites for hydroxylation is 1. The number of para-hydroxylation sites is 1. The molecule has 0 N–H and O–H groups in total. The van der Waals surface area contributed by atoms with Crippen LogP contribution in [0.25, 0.3) is 0 Å². The van der Waals surface area contributed by atoms with Gasteiger partial charge in [-0.1, -0.05) is 36.7 Å². The number of benzene rings is 2. The molecule has 152 valence electrons. The van der Waals surface area contributed by atoms with E-state index in [-0.39, 0.29) is 25.7 Å². The number of hydrogen-bond acceptors (Lipinski definition) is 5. The van der Waals surface area contributed by atoms with Gasteiger partial charge in [0.1, 0.15) is 12.4 Å². The number of anilines is 1. The van der Waals surface area contributed by atoms with Crippen LogP contribution in [0.5, 0.6) is 5.75 Å². The molecule has 7 heteroatoms. The second-order valence-electron chi connectivity index (χ2n) is 7.16. The second-order valence-corrected chi connectivity index (χ2v) is 7.60. The second kappa shape index (κ2) is 8.43. The highest BCUT2D eigenvalue weighted by molar-refractivity contribution is 6.30. The van der Waals surface area contributed by atoms with E-state index in [1.54, 1.807) is 17.0 Å². The Bertz CT molecular complexity index is 945. The minimum atomic E-state index is -0.494. The number of ether oxygens (including phenoxy) is 3. The molecule has 1 fully saturated rings. The lowest BCUT2D eigenvalue weighted by Gasteiger charge is -2.21. The fraction of sp³-hybridized carbons (Fsp3) is 0.364. The van der Waals surface area contributed by atoms with Gasteiger partial charge in [-0.3, -0.25) is 9.59 Å². The standard InChI is InChI=1S/C22H22ClNO5/c1-2-14-5-3-4-6-19(14)24-10-15(9-20(24)25)22(26)28-12-17-8-18(23)7-16-11-27-13-29-21(16)17/h3-8,15H,2,9-13H2,1H3/t15-/m0/s1. The summed E-state index contributed by atoms with van der Waals surface area (Å²) in [4.78, 5) is 26.9. The van der Waals surface area contributed by atoms with Crippen LogP contribution in [-0.4, -0.2) is 25.2 Å². The van der Waals surface area contributed by atoms with E-state index in [0.717, 1.165) is 23.2 Å². The minimum Gasteiger partial charge on any atom is -0.467 e. The van der Waals surface area contributed by atoms with Crippen molar-refractivity contribution in [3.8, 4) is 5.75 Å². The van der Waals surface area contributed by atoms with E-state index in [0.29, 0.717) is 29.5 Å². The van der Waals surface area contributed by atoms with Crippen molar-refractivity contribution in [2.75, 3.05) is 18.2 Å². The molecule has 1 amide bonds. The van der Waals surface area contributed by atoms with Gasteiger partial charge in [0.2, 0.25) is 5.91 Å². The van der Waals surface area contributed by atoms with E-state index in [2.05, 4.69) is 0 Å². The molecule has 2 aliphatic rings. The van der Waals surface area contributed by atoms with E-state index in [1.807, 2.05) is 31.2 Å². The highest BCUT2D eigenvalue weighted by Gasteiger charge is 2.37. The first-order valence-electron chi connectivity index (χ1n) is 9.63. The summed E-state index contributed by atoms with van der Waals surface area (Å²) in [5.41, 5.74) is 3.47. The smallest absolute Gasteiger partial charge is 0.311 e. The number of rotatable bonds is 5. The molecule has 0 aliphatic carbocycles. The molecule has 2 aromatic carbocycles. The van der Waals surface area contributed by atoms with Gasteiger partial charge in [-0.15, -0.1) is 0 Å². The zero-order chi connectivity index (χ0) is 20.4. The Morgan fingerprint density at radius 2 is 2.10 bits per heavy atom. The maximum atomic E-state index is 12.6. The highest BCUT2D eigenvalue weighted by Crippen LogP contribution is 2.33. The SMILES string of the molecule is CCc1ccccc1N1C[C@@H](C(=O)OCc2cc(Cl)cc3c2OCOC3)CC1=O. The van der Waals surface area contributed by atoms with Crippen LogP contribution < -0.4 is 9.64 Å². The molecule has 6 nitrogen and oxygen atoms in total. The van der Waals surface area contributed by atoms with Gasteiger partial charge in [-0.2, -0.15) is 0 Å². The summed E-state index contributed by atoms with van der Waals surface area (Å²) in [6.45, 7) is 2.97. The van der Waals surface area contributed by atoms with Gasteiger partial charge in [0.25, 0.3) is 0 Å². The summed E-state index contributed by atoms with van der Waals surface area (Å²) in [5, 5.41) is 0.530. The summed E-state index contributed by atoms with van der Waals surface area (Å²) in [7, 11) is 0. The average molecular weight is 416 g/mol. The van der Waals surface area contributed by atoms with Crippen LogP contribution >= 0.6 is 11.6 Å². The Morgan fingerprint density at radius 3 is 2.93 bits per heavy atom. The first-order chi connectivity index (χ1) is 14.1. The first-order valence-corrected chi connectivity index (χ1v) is 10.0. The molecule has 0 aromatic heterocycles. The molecule has 4 rings (SSSR count). The molecule has 2 aromatic rings. The van der Waals surface area contributed by atoms with Crippen molar-refractivity contribution < 1.29 is 23.8 Å². The predicted molar refractivity (Wildman–Crippen MR) is 108 cm³/mol. The lowest BCUT2D eigenvalue weighted by atomic mass is 10.1. The molecule has 0 saturated carbocycles. The molecule has 2 aliphatic heterocycles. The number of halogens is 1. The summed E-state index contributed by atoms with van der Waals surface area (Å²) >= 11 is 6.16. The van der Waals surface area contributed by atoms with Crippen molar-refractivity contribution in [3.63, 3.8) is 0 Å². The number of esters is 1. The molecule has 0 spiro atoms. The van der Waals surface area contributed by atoms with Gasteiger partial charge < -0.3 is 19.1 Å². The number of carbonyl (C=O) groups excluding carboxylic acids is 2. The predicted octanol–water partition coefficient (Wildman–Crippen LogP) is 3.87. The number of amides is 1. The Morgan fingerprint density at radius 1 is 1.28 bits per heavy atom. The van der Waals surface area contributed by atoms with Crippen molar-refractivity contribution in [3.05, 3.63) is 58.1 Å². The van der Waals surface area contributed by atoms with Crippen molar-refractivity contribution in [2.24, 2.45) is 5.92 Å². The zero-order valence-electron chi connectivity index (χ0n) is 16.2. The van der Waals surface area contributed by atoms with Gasteiger partial charge in [0.15, 0.2) is 6.79 Å². The van der Waals surface area contributed by atoms with Gasteiger partial charge >= 0.3 is 5.97 Å².